The summed E-state index contributed by atoms with van der Waals surface area (Å²) in [6.07, 6.45) is 2.28. The van der Waals surface area contributed by atoms with Gasteiger partial charge in [0.25, 0.3) is 0 Å². The van der Waals surface area contributed by atoms with E-state index in [1.165, 1.54) is 6.92 Å². The van der Waals surface area contributed by atoms with E-state index in [4.69, 9.17) is 10.00 Å². The highest BCUT2D eigenvalue weighted by atomic mass is 16.5. The van der Waals surface area contributed by atoms with E-state index in [0.717, 1.165) is 12.8 Å². The first-order chi connectivity index (χ1) is 7.74. The zero-order valence-electron chi connectivity index (χ0n) is 9.40. The average Bonchev–Trinajstić information content (AvgIpc) is 2.29. The van der Waals surface area contributed by atoms with Crippen molar-refractivity contribution in [2.45, 2.75) is 26.2 Å². The second kappa shape index (κ2) is 6.62. The number of benzene rings is 1. The van der Waals surface area contributed by atoms with Gasteiger partial charge in [0.2, 0.25) is 0 Å². The summed E-state index contributed by atoms with van der Waals surface area (Å²) in [6, 6.07) is 9.24. The first-order valence-electron chi connectivity index (χ1n) is 5.35. The summed E-state index contributed by atoms with van der Waals surface area (Å²) >= 11 is 0. The minimum Gasteiger partial charge on any atom is -0.494 e. The molecule has 0 fully saturated rings. The molecule has 1 rings (SSSR count). The lowest BCUT2D eigenvalue weighted by Crippen LogP contribution is -1.98. The molecule has 0 saturated heterocycles. The maximum atomic E-state index is 11.1. The Kier molecular flexibility index (Phi) is 5.07. The lowest BCUT2D eigenvalue weighted by molar-refractivity contribution is 0.101. The fourth-order valence-electron chi connectivity index (χ4n) is 1.30. The number of hydrogen-bond acceptors (Lipinski definition) is 3. The third-order valence-electron chi connectivity index (χ3n) is 2.19. The number of rotatable bonds is 6. The van der Waals surface area contributed by atoms with Gasteiger partial charge >= 0.3 is 0 Å². The number of ether oxygens (including phenoxy) is 1. The first kappa shape index (κ1) is 12.3. The van der Waals surface area contributed by atoms with Crippen molar-refractivity contribution in [3.05, 3.63) is 29.8 Å². The lowest BCUT2D eigenvalue weighted by Gasteiger charge is -2.06. The van der Waals surface area contributed by atoms with E-state index in [9.17, 15) is 4.79 Å². The van der Waals surface area contributed by atoms with E-state index < -0.39 is 0 Å². The van der Waals surface area contributed by atoms with Gasteiger partial charge in [0.05, 0.1) is 12.7 Å². The highest BCUT2D eigenvalue weighted by molar-refractivity contribution is 5.94. The molecule has 0 aliphatic rings. The summed E-state index contributed by atoms with van der Waals surface area (Å²) in [4.78, 5) is 11.1. The van der Waals surface area contributed by atoms with Gasteiger partial charge in [-0.3, -0.25) is 4.79 Å². The molecule has 0 atom stereocenters. The number of nitriles is 1. The van der Waals surface area contributed by atoms with Gasteiger partial charge in [-0.25, -0.2) is 0 Å². The van der Waals surface area contributed by atoms with Crippen molar-refractivity contribution in [3.8, 4) is 11.8 Å². The predicted octanol–water partition coefficient (Wildman–Crippen LogP) is 2.96. The molecule has 0 radical (unpaired) electrons. The van der Waals surface area contributed by atoms with E-state index in [2.05, 4.69) is 6.07 Å². The van der Waals surface area contributed by atoms with Crippen LogP contribution in [0.25, 0.3) is 0 Å². The van der Waals surface area contributed by atoms with Gasteiger partial charge in [0.15, 0.2) is 5.78 Å². The van der Waals surface area contributed by atoms with Crippen LogP contribution >= 0.6 is 0 Å². The van der Waals surface area contributed by atoms with E-state index in [1.807, 2.05) is 6.07 Å². The van der Waals surface area contributed by atoms with Crippen molar-refractivity contribution in [3.63, 3.8) is 0 Å². The van der Waals surface area contributed by atoms with Gasteiger partial charge in [-0.15, -0.1) is 0 Å². The van der Waals surface area contributed by atoms with Gasteiger partial charge in [-0.2, -0.15) is 5.26 Å². The standard InChI is InChI=1S/C13H15NO2/c1-11(15)12-6-5-7-13(10-12)16-9-4-2-3-8-14/h5-7,10H,2-4,9H2,1H3. The van der Waals surface area contributed by atoms with Crippen LogP contribution in [0.2, 0.25) is 0 Å². The van der Waals surface area contributed by atoms with E-state index in [-0.39, 0.29) is 5.78 Å². The molecule has 0 amide bonds. The first-order valence-corrected chi connectivity index (χ1v) is 5.35. The molecule has 0 heterocycles. The monoisotopic (exact) mass is 217 g/mol. The van der Waals surface area contributed by atoms with Crippen LogP contribution in [0.15, 0.2) is 24.3 Å². The predicted molar refractivity (Wildman–Crippen MR) is 61.4 cm³/mol. The van der Waals surface area contributed by atoms with Crippen molar-refractivity contribution in [1.29, 1.82) is 5.26 Å². The third kappa shape index (κ3) is 4.14. The molecular weight excluding hydrogens is 202 g/mol. The van der Waals surface area contributed by atoms with Crippen LogP contribution in [0.4, 0.5) is 0 Å². The quantitative estimate of drug-likeness (QED) is 0.543. The van der Waals surface area contributed by atoms with Crippen LogP contribution in [0.1, 0.15) is 36.5 Å². The molecule has 1 aromatic carbocycles. The molecule has 3 heteroatoms. The Bertz CT molecular complexity index is 393. The van der Waals surface area contributed by atoms with E-state index >= 15 is 0 Å². The smallest absolute Gasteiger partial charge is 0.159 e. The molecule has 16 heavy (non-hydrogen) atoms. The van der Waals surface area contributed by atoms with Crippen LogP contribution in [0, 0.1) is 11.3 Å². The number of nitrogens with zero attached hydrogens (tertiary/aromatic N) is 1. The van der Waals surface area contributed by atoms with E-state index in [0.29, 0.717) is 24.3 Å². The van der Waals surface area contributed by atoms with Crippen molar-refractivity contribution < 1.29 is 9.53 Å². The topological polar surface area (TPSA) is 50.1 Å². The van der Waals surface area contributed by atoms with Crippen molar-refractivity contribution in [2.75, 3.05) is 6.61 Å². The number of carbonyl (C=O) groups is 1. The van der Waals surface area contributed by atoms with Gasteiger partial charge in [0, 0.05) is 12.0 Å². The van der Waals surface area contributed by atoms with Gasteiger partial charge in [-0.05, 0) is 31.9 Å². The fourth-order valence-corrected chi connectivity index (χ4v) is 1.30. The molecule has 0 aliphatic heterocycles. The Morgan fingerprint density at radius 2 is 2.25 bits per heavy atom. The Hall–Kier alpha value is -1.82. The molecule has 0 bridgehead atoms. The van der Waals surface area contributed by atoms with Crippen LogP contribution in [0.5, 0.6) is 5.75 Å². The molecule has 0 aliphatic carbocycles. The molecule has 0 unspecified atom stereocenters. The van der Waals surface area contributed by atoms with Crippen LogP contribution in [0.3, 0.4) is 0 Å². The van der Waals surface area contributed by atoms with Gasteiger partial charge in [-0.1, -0.05) is 12.1 Å². The number of ketones is 1. The normalized spacial score (nSPS) is 9.50. The Balaban J connectivity index is 2.39. The van der Waals surface area contributed by atoms with Gasteiger partial charge in [0.1, 0.15) is 5.75 Å². The van der Waals surface area contributed by atoms with Crippen molar-refractivity contribution >= 4 is 5.78 Å². The molecule has 0 aromatic heterocycles. The fraction of sp³-hybridized carbons (Fsp3) is 0.385. The van der Waals surface area contributed by atoms with Crippen LogP contribution in [-0.4, -0.2) is 12.4 Å². The number of Topliss-reactive ketones (excluding diaryl/α,β-unsaturated/α-hetero) is 1. The minimum absolute atomic E-state index is 0.0370. The summed E-state index contributed by atoms with van der Waals surface area (Å²) in [5.74, 6) is 0.750. The highest BCUT2D eigenvalue weighted by Gasteiger charge is 2.00. The largest absolute Gasteiger partial charge is 0.494 e. The van der Waals surface area contributed by atoms with E-state index in [1.54, 1.807) is 18.2 Å². The molecule has 0 N–H and O–H groups in total. The maximum absolute atomic E-state index is 11.1. The Morgan fingerprint density at radius 1 is 1.44 bits per heavy atom. The summed E-state index contributed by atoms with van der Waals surface area (Å²) in [6.45, 7) is 2.12. The zero-order valence-corrected chi connectivity index (χ0v) is 9.40. The minimum atomic E-state index is 0.0370. The molecular formula is C13H15NO2. The SMILES string of the molecule is CC(=O)c1cccc(OCCCCC#N)c1. The molecule has 0 spiro atoms. The highest BCUT2D eigenvalue weighted by Crippen LogP contribution is 2.14. The van der Waals surface area contributed by atoms with Crippen molar-refractivity contribution in [2.24, 2.45) is 0 Å². The molecule has 3 nitrogen and oxygen atoms in total. The number of hydrogen-bond donors (Lipinski definition) is 0. The lowest BCUT2D eigenvalue weighted by atomic mass is 10.1. The number of unbranched alkanes of at least 4 members (excludes halogenated alkanes) is 2. The van der Waals surface area contributed by atoms with Crippen LogP contribution < -0.4 is 4.74 Å². The molecule has 84 valence electrons. The Labute approximate surface area is 95.7 Å². The second-order valence-electron chi connectivity index (χ2n) is 3.55. The van der Waals surface area contributed by atoms with Gasteiger partial charge < -0.3 is 4.74 Å². The Morgan fingerprint density at radius 3 is 2.94 bits per heavy atom. The molecule has 0 saturated carbocycles. The summed E-state index contributed by atoms with van der Waals surface area (Å²) in [5.41, 5.74) is 0.662. The van der Waals surface area contributed by atoms with Crippen molar-refractivity contribution in [1.82, 2.24) is 0 Å². The number of carbonyl (C=O) groups excluding carboxylic acids is 1. The summed E-state index contributed by atoms with van der Waals surface area (Å²) in [7, 11) is 0. The third-order valence-corrected chi connectivity index (χ3v) is 2.19. The van der Waals surface area contributed by atoms with Crippen LogP contribution in [-0.2, 0) is 0 Å². The molecule has 1 aromatic rings. The zero-order chi connectivity index (χ0) is 11.8. The summed E-state index contributed by atoms with van der Waals surface area (Å²) in [5, 5.41) is 8.35. The second-order valence-corrected chi connectivity index (χ2v) is 3.55. The maximum Gasteiger partial charge on any atom is 0.159 e. The average molecular weight is 217 g/mol. The summed E-state index contributed by atoms with van der Waals surface area (Å²) < 4.78 is 5.48.